The van der Waals surface area contributed by atoms with E-state index in [1.165, 1.54) is 4.90 Å². The van der Waals surface area contributed by atoms with E-state index in [0.717, 1.165) is 22.3 Å². The number of hydrogen-bond acceptors (Lipinski definition) is 3. The lowest BCUT2D eigenvalue weighted by molar-refractivity contribution is -0.143. The van der Waals surface area contributed by atoms with Crippen LogP contribution in [0.4, 0.5) is 26.3 Å². The molecular formula is C27H29ClF6N4O. The molecule has 0 aliphatic carbocycles. The van der Waals surface area contributed by atoms with Crippen molar-refractivity contribution in [2.24, 2.45) is 7.05 Å². The highest BCUT2D eigenvalue weighted by atomic mass is 35.5. The van der Waals surface area contributed by atoms with E-state index in [1.54, 1.807) is 17.9 Å². The first-order valence-corrected chi connectivity index (χ1v) is 12.1. The van der Waals surface area contributed by atoms with Crippen LogP contribution >= 0.6 is 12.4 Å². The molecule has 0 spiro atoms. The lowest BCUT2D eigenvalue weighted by Gasteiger charge is -2.42. The molecule has 4 rings (SSSR count). The molecule has 39 heavy (non-hydrogen) atoms. The fraction of sp³-hybridized carbons (Fsp3) is 0.407. The molecule has 1 aromatic heterocycles. The Bertz CT molecular complexity index is 1290. The molecule has 1 saturated heterocycles. The van der Waals surface area contributed by atoms with Gasteiger partial charge in [-0.1, -0.05) is 18.2 Å². The van der Waals surface area contributed by atoms with Crippen molar-refractivity contribution in [2.45, 2.75) is 45.2 Å². The van der Waals surface area contributed by atoms with E-state index in [-0.39, 0.29) is 25.0 Å². The zero-order chi connectivity index (χ0) is 27.8. The fourth-order valence-corrected chi connectivity index (χ4v) is 4.76. The van der Waals surface area contributed by atoms with E-state index < -0.39 is 41.0 Å². The Morgan fingerprint density at radius 2 is 1.56 bits per heavy atom. The standard InChI is InChI=1S/C27H28F6N4O.ClH/c1-17-4-5-19(8-18(17)2)9-24-16-36(15-20-13-34-35(3)14-20)6-7-37(24)25(38)21-10-22(26(28,29)30)12-23(11-21)27(31,32)33;/h4-5,8,10-14,24H,6-7,9,15-16H2,1-3H3;1H/t24-;/m1./s1. The monoisotopic (exact) mass is 574 g/mol. The van der Waals surface area contributed by atoms with Gasteiger partial charge in [-0.05, 0) is 55.2 Å². The number of hydrogen-bond donors (Lipinski definition) is 0. The zero-order valence-corrected chi connectivity index (χ0v) is 22.4. The Morgan fingerprint density at radius 1 is 0.923 bits per heavy atom. The third-order valence-corrected chi connectivity index (χ3v) is 6.87. The molecule has 0 unspecified atom stereocenters. The molecule has 212 valence electrons. The van der Waals surface area contributed by atoms with E-state index in [1.807, 2.05) is 38.2 Å². The first-order valence-electron chi connectivity index (χ1n) is 12.1. The molecule has 3 aromatic rings. The number of aromatic nitrogens is 2. The number of nitrogens with zero attached hydrogens (tertiary/aromatic N) is 4. The lowest BCUT2D eigenvalue weighted by atomic mass is 9.97. The molecule has 12 heteroatoms. The van der Waals surface area contributed by atoms with Crippen molar-refractivity contribution in [3.63, 3.8) is 0 Å². The van der Waals surface area contributed by atoms with Crippen LogP contribution in [-0.4, -0.2) is 51.2 Å². The van der Waals surface area contributed by atoms with Crippen molar-refractivity contribution >= 4 is 18.3 Å². The van der Waals surface area contributed by atoms with Gasteiger partial charge in [-0.3, -0.25) is 14.4 Å². The maximum Gasteiger partial charge on any atom is 0.416 e. The van der Waals surface area contributed by atoms with Crippen molar-refractivity contribution in [2.75, 3.05) is 19.6 Å². The minimum atomic E-state index is -5.03. The van der Waals surface area contributed by atoms with Crippen LogP contribution in [0.2, 0.25) is 0 Å². The molecule has 1 aliphatic heterocycles. The van der Waals surface area contributed by atoms with Gasteiger partial charge in [0.2, 0.25) is 0 Å². The van der Waals surface area contributed by atoms with Gasteiger partial charge in [0.25, 0.3) is 5.91 Å². The van der Waals surface area contributed by atoms with Crippen LogP contribution < -0.4 is 0 Å². The molecule has 1 fully saturated rings. The van der Waals surface area contributed by atoms with Gasteiger partial charge in [-0.25, -0.2) is 0 Å². The second kappa shape index (κ2) is 11.6. The molecule has 2 heterocycles. The van der Waals surface area contributed by atoms with Crippen LogP contribution in [0.5, 0.6) is 0 Å². The molecule has 2 aromatic carbocycles. The second-order valence-corrected chi connectivity index (χ2v) is 9.83. The quantitative estimate of drug-likeness (QED) is 0.348. The van der Waals surface area contributed by atoms with Gasteiger partial charge in [0.15, 0.2) is 0 Å². The summed E-state index contributed by atoms with van der Waals surface area (Å²) in [7, 11) is 1.80. The van der Waals surface area contributed by atoms with Gasteiger partial charge in [-0.2, -0.15) is 31.4 Å². The first-order chi connectivity index (χ1) is 17.7. The molecular weight excluding hydrogens is 546 g/mol. The number of rotatable bonds is 5. The van der Waals surface area contributed by atoms with E-state index >= 15 is 0 Å². The van der Waals surface area contributed by atoms with Gasteiger partial charge < -0.3 is 4.90 Å². The molecule has 0 radical (unpaired) electrons. The molecule has 1 atom stereocenters. The van der Waals surface area contributed by atoms with Crippen molar-refractivity contribution in [1.29, 1.82) is 0 Å². The number of aryl methyl sites for hydroxylation is 3. The van der Waals surface area contributed by atoms with Gasteiger partial charge in [0, 0.05) is 56.6 Å². The van der Waals surface area contributed by atoms with Crippen LogP contribution in [0.25, 0.3) is 0 Å². The normalized spacial score (nSPS) is 16.7. The Labute approximate surface area is 228 Å². The highest BCUT2D eigenvalue weighted by Gasteiger charge is 2.39. The fourth-order valence-electron chi connectivity index (χ4n) is 4.76. The Kier molecular flexibility index (Phi) is 9.06. The van der Waals surface area contributed by atoms with E-state index in [9.17, 15) is 31.1 Å². The first kappa shape index (κ1) is 30.5. The molecule has 1 amide bonds. The molecule has 0 N–H and O–H groups in total. The number of piperazine rings is 1. The number of halogens is 7. The average Bonchev–Trinajstić information content (AvgIpc) is 3.24. The van der Waals surface area contributed by atoms with Crippen molar-refractivity contribution in [3.05, 3.63) is 87.7 Å². The van der Waals surface area contributed by atoms with Crippen LogP contribution in [0.1, 0.15) is 43.7 Å². The predicted molar refractivity (Wildman–Crippen MR) is 137 cm³/mol. The van der Waals surface area contributed by atoms with E-state index in [2.05, 4.69) is 10.00 Å². The zero-order valence-electron chi connectivity index (χ0n) is 21.6. The van der Waals surface area contributed by atoms with Crippen molar-refractivity contribution in [3.8, 4) is 0 Å². The average molecular weight is 575 g/mol. The second-order valence-electron chi connectivity index (χ2n) is 9.83. The SMILES string of the molecule is Cc1ccc(C[C@@H]2CN(Cc3cnn(C)c3)CCN2C(=O)c2cc(C(F)(F)F)cc(C(F)(F)F)c2)cc1C.Cl. The van der Waals surface area contributed by atoms with Crippen LogP contribution in [0.3, 0.4) is 0 Å². The Hall–Kier alpha value is -3.05. The van der Waals surface area contributed by atoms with Crippen LogP contribution in [0.15, 0.2) is 48.8 Å². The molecule has 0 saturated carbocycles. The number of benzene rings is 2. The summed E-state index contributed by atoms with van der Waals surface area (Å²) >= 11 is 0. The summed E-state index contributed by atoms with van der Waals surface area (Å²) in [5.74, 6) is -0.850. The maximum atomic E-state index is 13.5. The van der Waals surface area contributed by atoms with Crippen LogP contribution in [0, 0.1) is 13.8 Å². The topological polar surface area (TPSA) is 41.4 Å². The third-order valence-electron chi connectivity index (χ3n) is 6.87. The van der Waals surface area contributed by atoms with Crippen molar-refractivity contribution < 1.29 is 31.1 Å². The molecule has 0 bridgehead atoms. The minimum Gasteiger partial charge on any atom is -0.333 e. The van der Waals surface area contributed by atoms with Crippen molar-refractivity contribution in [1.82, 2.24) is 19.6 Å². The number of carbonyl (C=O) groups is 1. The van der Waals surface area contributed by atoms with Gasteiger partial charge in [0.1, 0.15) is 0 Å². The summed E-state index contributed by atoms with van der Waals surface area (Å²) in [6.45, 7) is 5.46. The lowest BCUT2D eigenvalue weighted by Crippen LogP contribution is -2.55. The summed E-state index contributed by atoms with van der Waals surface area (Å²) in [5.41, 5.74) is 0.401. The number of alkyl halides is 6. The predicted octanol–water partition coefficient (Wildman–Crippen LogP) is 6.07. The summed E-state index contributed by atoms with van der Waals surface area (Å²) in [6.07, 6.45) is -6.05. The Morgan fingerprint density at radius 3 is 2.10 bits per heavy atom. The maximum absolute atomic E-state index is 13.5. The van der Waals surface area contributed by atoms with Gasteiger partial charge in [0.05, 0.1) is 17.3 Å². The smallest absolute Gasteiger partial charge is 0.333 e. The molecule has 1 aliphatic rings. The summed E-state index contributed by atoms with van der Waals surface area (Å²) < 4.78 is 82.3. The third kappa shape index (κ3) is 7.33. The summed E-state index contributed by atoms with van der Waals surface area (Å²) in [5, 5.41) is 4.17. The highest BCUT2D eigenvalue weighted by Crippen LogP contribution is 2.37. The Balaban J connectivity index is 0.00000420. The van der Waals surface area contributed by atoms with E-state index in [0.29, 0.717) is 38.2 Å². The van der Waals surface area contributed by atoms with Gasteiger partial charge >= 0.3 is 12.4 Å². The number of amides is 1. The number of carbonyl (C=O) groups excluding carboxylic acids is 1. The van der Waals surface area contributed by atoms with Gasteiger partial charge in [-0.15, -0.1) is 12.4 Å². The largest absolute Gasteiger partial charge is 0.416 e. The summed E-state index contributed by atoms with van der Waals surface area (Å²) in [4.78, 5) is 17.0. The molecule has 5 nitrogen and oxygen atoms in total. The van der Waals surface area contributed by atoms with E-state index in [4.69, 9.17) is 0 Å². The minimum absolute atomic E-state index is 0. The summed E-state index contributed by atoms with van der Waals surface area (Å²) in [6, 6.07) is 6.46. The highest BCUT2D eigenvalue weighted by molar-refractivity contribution is 5.95. The van der Waals surface area contributed by atoms with Crippen LogP contribution in [-0.2, 0) is 32.4 Å².